The zero-order valence-electron chi connectivity index (χ0n) is 11.7. The van der Waals surface area contributed by atoms with Gasteiger partial charge in [-0.05, 0) is 33.8 Å². The number of hydrogen-bond acceptors (Lipinski definition) is 2. The normalized spacial score (nSPS) is 22.3. The Morgan fingerprint density at radius 1 is 1.28 bits per heavy atom. The summed E-state index contributed by atoms with van der Waals surface area (Å²) >= 11 is 0. The molecule has 0 aromatic heterocycles. The first-order valence-electron chi connectivity index (χ1n) is 6.41. The van der Waals surface area contributed by atoms with Crippen molar-refractivity contribution in [3.8, 4) is 5.75 Å². The largest absolute Gasteiger partial charge is 0.489 e. The zero-order valence-corrected chi connectivity index (χ0v) is 11.7. The molecule has 2 atom stereocenters. The first kappa shape index (κ1) is 12.9. The topological polar surface area (TPSA) is 38.3 Å². The van der Waals surface area contributed by atoms with Gasteiger partial charge in [0.1, 0.15) is 11.9 Å². The van der Waals surface area contributed by atoms with Gasteiger partial charge in [0.2, 0.25) is 0 Å². The summed E-state index contributed by atoms with van der Waals surface area (Å²) in [6.07, 6.45) is 0.128. The highest BCUT2D eigenvalue weighted by Crippen LogP contribution is 2.40. The lowest BCUT2D eigenvalue weighted by atomic mass is 9.96. The van der Waals surface area contributed by atoms with E-state index in [1.807, 2.05) is 45.9 Å². The maximum atomic E-state index is 12.2. The van der Waals surface area contributed by atoms with Crippen molar-refractivity contribution in [1.82, 2.24) is 5.32 Å². The lowest BCUT2D eigenvalue weighted by Crippen LogP contribution is -2.40. The van der Waals surface area contributed by atoms with E-state index >= 15 is 0 Å². The van der Waals surface area contributed by atoms with Gasteiger partial charge in [0.15, 0.2) is 0 Å². The van der Waals surface area contributed by atoms with Crippen LogP contribution in [0.4, 0.5) is 0 Å². The first-order valence-corrected chi connectivity index (χ1v) is 6.41. The smallest absolute Gasteiger partial charge is 0.255 e. The van der Waals surface area contributed by atoms with Crippen LogP contribution in [-0.2, 0) is 0 Å². The van der Waals surface area contributed by atoms with Gasteiger partial charge in [-0.2, -0.15) is 0 Å². The maximum absolute atomic E-state index is 12.2. The first-order chi connectivity index (χ1) is 8.29. The molecule has 1 N–H and O–H groups in total. The monoisotopic (exact) mass is 247 g/mol. The third-order valence-electron chi connectivity index (χ3n) is 3.28. The number of carbonyl (C=O) groups excluding carboxylic acids is 1. The van der Waals surface area contributed by atoms with Crippen molar-refractivity contribution in [3.63, 3.8) is 0 Å². The number of benzene rings is 1. The summed E-state index contributed by atoms with van der Waals surface area (Å²) in [5.41, 5.74) is 1.53. The summed E-state index contributed by atoms with van der Waals surface area (Å²) < 4.78 is 5.82. The summed E-state index contributed by atoms with van der Waals surface area (Å²) in [7, 11) is 0. The molecule has 3 heteroatoms. The fourth-order valence-electron chi connectivity index (χ4n) is 2.17. The number of nitrogens with one attached hydrogen (secondary N) is 1. The highest BCUT2D eigenvalue weighted by Gasteiger charge is 2.31. The van der Waals surface area contributed by atoms with Crippen LogP contribution in [0.2, 0.25) is 0 Å². The van der Waals surface area contributed by atoms with Gasteiger partial charge in [0.25, 0.3) is 5.91 Å². The Bertz CT molecular complexity index is 474. The van der Waals surface area contributed by atoms with E-state index in [1.165, 1.54) is 0 Å². The van der Waals surface area contributed by atoms with Crippen LogP contribution in [0, 0.1) is 0 Å². The molecule has 98 valence electrons. The molecule has 1 aliphatic heterocycles. The van der Waals surface area contributed by atoms with Crippen molar-refractivity contribution in [2.75, 3.05) is 0 Å². The van der Waals surface area contributed by atoms with Crippen LogP contribution in [0.3, 0.4) is 0 Å². The quantitative estimate of drug-likeness (QED) is 0.828. The minimum atomic E-state index is -0.240. The lowest BCUT2D eigenvalue weighted by molar-refractivity contribution is 0.0914. The molecule has 1 aliphatic rings. The number of fused-ring (bicyclic) bond motifs is 1. The summed E-state index contributed by atoms with van der Waals surface area (Å²) in [4.78, 5) is 12.2. The molecular weight excluding hydrogens is 226 g/mol. The molecule has 1 aromatic rings. The predicted octanol–water partition coefficient (Wildman–Crippen LogP) is 3.10. The Morgan fingerprint density at radius 3 is 2.56 bits per heavy atom. The highest BCUT2D eigenvalue weighted by atomic mass is 16.5. The van der Waals surface area contributed by atoms with Crippen LogP contribution in [0.5, 0.6) is 5.75 Å². The van der Waals surface area contributed by atoms with Gasteiger partial charge in [-0.3, -0.25) is 4.79 Å². The number of ether oxygens (including phenoxy) is 1. The Kier molecular flexibility index (Phi) is 3.09. The van der Waals surface area contributed by atoms with E-state index in [9.17, 15) is 4.79 Å². The molecule has 0 fully saturated rings. The number of amides is 1. The molecule has 3 nitrogen and oxygen atoms in total. The fraction of sp³-hybridized carbons (Fsp3) is 0.533. The lowest BCUT2D eigenvalue weighted by Gasteiger charge is -2.21. The second-order valence-corrected chi connectivity index (χ2v) is 6.04. The Morgan fingerprint density at radius 2 is 1.94 bits per heavy atom. The molecule has 1 aromatic carbocycles. The van der Waals surface area contributed by atoms with Crippen molar-refractivity contribution < 1.29 is 9.53 Å². The molecule has 0 bridgehead atoms. The maximum Gasteiger partial charge on any atom is 0.255 e. The molecule has 18 heavy (non-hydrogen) atoms. The number of rotatable bonds is 1. The number of para-hydroxylation sites is 1. The van der Waals surface area contributed by atoms with Crippen LogP contribution in [0.1, 0.15) is 56.5 Å². The van der Waals surface area contributed by atoms with Crippen LogP contribution in [-0.4, -0.2) is 17.6 Å². The van der Waals surface area contributed by atoms with Crippen molar-refractivity contribution in [2.45, 2.75) is 52.2 Å². The summed E-state index contributed by atoms with van der Waals surface area (Å²) in [5, 5.41) is 2.98. The van der Waals surface area contributed by atoms with Gasteiger partial charge in [0, 0.05) is 17.0 Å². The average molecular weight is 247 g/mol. The fourth-order valence-corrected chi connectivity index (χ4v) is 2.17. The molecule has 1 heterocycles. The molecular formula is C15H21NO2. The molecule has 0 saturated heterocycles. The zero-order chi connectivity index (χ0) is 13.5. The van der Waals surface area contributed by atoms with E-state index in [2.05, 4.69) is 12.2 Å². The SMILES string of the molecule is CC1Oc2c(C(=O)NC(C)(C)C)cccc2C1C. The molecule has 0 saturated carbocycles. The summed E-state index contributed by atoms with van der Waals surface area (Å²) in [6, 6.07) is 5.79. The van der Waals surface area contributed by atoms with Crippen LogP contribution < -0.4 is 10.1 Å². The van der Waals surface area contributed by atoms with E-state index in [4.69, 9.17) is 4.74 Å². The van der Waals surface area contributed by atoms with Gasteiger partial charge in [0.05, 0.1) is 5.56 Å². The van der Waals surface area contributed by atoms with Gasteiger partial charge >= 0.3 is 0 Å². The van der Waals surface area contributed by atoms with Crippen molar-refractivity contribution in [2.24, 2.45) is 0 Å². The predicted molar refractivity (Wildman–Crippen MR) is 72.2 cm³/mol. The standard InChI is InChI=1S/C15H21NO2/c1-9-10(2)18-13-11(9)7-6-8-12(13)14(17)16-15(3,4)5/h6-10H,1-5H3,(H,16,17). The number of carbonyl (C=O) groups is 1. The Hall–Kier alpha value is -1.51. The van der Waals surface area contributed by atoms with Gasteiger partial charge in [-0.15, -0.1) is 0 Å². The van der Waals surface area contributed by atoms with Crippen LogP contribution in [0.15, 0.2) is 18.2 Å². The molecule has 0 radical (unpaired) electrons. The Labute approximate surface area is 109 Å². The molecule has 2 unspecified atom stereocenters. The van der Waals surface area contributed by atoms with Crippen LogP contribution in [0.25, 0.3) is 0 Å². The van der Waals surface area contributed by atoms with Gasteiger partial charge < -0.3 is 10.1 Å². The second kappa shape index (κ2) is 4.30. The van der Waals surface area contributed by atoms with Crippen molar-refractivity contribution >= 4 is 5.91 Å². The third-order valence-corrected chi connectivity index (χ3v) is 3.28. The van der Waals surface area contributed by atoms with Crippen molar-refractivity contribution in [1.29, 1.82) is 0 Å². The third kappa shape index (κ3) is 2.35. The van der Waals surface area contributed by atoms with Crippen molar-refractivity contribution in [3.05, 3.63) is 29.3 Å². The summed E-state index contributed by atoms with van der Waals surface area (Å²) in [6.45, 7) is 10.1. The number of hydrogen-bond donors (Lipinski definition) is 1. The van der Waals surface area contributed by atoms with Crippen LogP contribution >= 0.6 is 0 Å². The van der Waals surface area contributed by atoms with E-state index in [-0.39, 0.29) is 17.6 Å². The van der Waals surface area contributed by atoms with Gasteiger partial charge in [-0.25, -0.2) is 0 Å². The van der Waals surface area contributed by atoms with E-state index in [1.54, 1.807) is 0 Å². The molecule has 0 spiro atoms. The minimum Gasteiger partial charge on any atom is -0.489 e. The highest BCUT2D eigenvalue weighted by molar-refractivity contribution is 5.98. The van der Waals surface area contributed by atoms with Gasteiger partial charge in [-0.1, -0.05) is 19.1 Å². The van der Waals surface area contributed by atoms with E-state index in [0.29, 0.717) is 11.5 Å². The van der Waals surface area contributed by atoms with E-state index in [0.717, 1.165) is 11.3 Å². The molecule has 1 amide bonds. The average Bonchev–Trinajstić information content (AvgIpc) is 2.52. The van der Waals surface area contributed by atoms with E-state index < -0.39 is 0 Å². The second-order valence-electron chi connectivity index (χ2n) is 6.04. The minimum absolute atomic E-state index is 0.0688. The molecule has 0 aliphatic carbocycles. The molecule has 2 rings (SSSR count). The summed E-state index contributed by atoms with van der Waals surface area (Å²) in [5.74, 6) is 1.02. The Balaban J connectivity index is 2.35.